The number of anilines is 1. The Hall–Kier alpha value is -6.31. The van der Waals surface area contributed by atoms with Crippen molar-refractivity contribution in [3.63, 3.8) is 0 Å². The van der Waals surface area contributed by atoms with Gasteiger partial charge in [0.05, 0.1) is 10.3 Å². The van der Waals surface area contributed by atoms with Gasteiger partial charge < -0.3 is 18.9 Å². The minimum absolute atomic E-state index is 0.0677. The molecule has 6 aromatic rings. The molecule has 12 nitrogen and oxygen atoms in total. The summed E-state index contributed by atoms with van der Waals surface area (Å²) in [5.41, 5.74) is 10.5. The molecule has 13 heteroatoms. The predicted octanol–water partition coefficient (Wildman–Crippen LogP) is 10.5. The molecule has 66 heavy (non-hydrogen) atoms. The van der Waals surface area contributed by atoms with Crippen LogP contribution in [-0.4, -0.2) is 68.3 Å². The molecule has 1 N–H and O–H groups in total. The lowest BCUT2D eigenvalue weighted by molar-refractivity contribution is -0.438. The number of nitrogens with zero attached hydrogens (tertiary/aromatic N) is 5. The third kappa shape index (κ3) is 7.18. The zero-order chi connectivity index (χ0) is 46.9. The average molecular weight is 909 g/mol. The van der Waals surface area contributed by atoms with E-state index in [2.05, 4.69) is 146 Å². The maximum atomic E-state index is 12.6. The first-order chi connectivity index (χ1) is 31.5. The van der Waals surface area contributed by atoms with E-state index in [1.807, 2.05) is 0 Å². The molecule has 4 aromatic carbocycles. The number of hydroxylamine groups is 2. The van der Waals surface area contributed by atoms with E-state index in [4.69, 9.17) is 4.84 Å². The highest BCUT2D eigenvalue weighted by Crippen LogP contribution is 2.53. The lowest BCUT2D eigenvalue weighted by Gasteiger charge is -2.26. The summed E-state index contributed by atoms with van der Waals surface area (Å²) in [6.45, 7) is 18.5. The van der Waals surface area contributed by atoms with Gasteiger partial charge >= 0.3 is 5.97 Å². The first-order valence-corrected chi connectivity index (χ1v) is 24.6. The number of hydrogen-bond donors (Lipinski definition) is 1. The summed E-state index contributed by atoms with van der Waals surface area (Å²) in [7, 11) is -4.40. The molecular weight excluding hydrogens is 851 g/mol. The maximum Gasteiger partial charge on any atom is 0.333 e. The number of para-hydroxylation sites is 1. The molecule has 342 valence electrons. The van der Waals surface area contributed by atoms with Crippen molar-refractivity contribution in [2.45, 2.75) is 116 Å². The second kappa shape index (κ2) is 16.8. The minimum Gasteiger partial charge on any atom is -0.344 e. The smallest absolute Gasteiger partial charge is 0.333 e. The highest BCUT2D eigenvalue weighted by atomic mass is 32.2. The molecule has 0 radical (unpaired) electrons. The Balaban J connectivity index is 1.04. The van der Waals surface area contributed by atoms with E-state index in [1.165, 1.54) is 44.8 Å². The van der Waals surface area contributed by atoms with Crippen LogP contribution in [0.15, 0.2) is 108 Å². The first-order valence-electron chi connectivity index (χ1n) is 23.2. The van der Waals surface area contributed by atoms with Gasteiger partial charge in [-0.1, -0.05) is 50.3 Å². The molecular formula is C53H58N5O7S+. The molecule has 1 saturated heterocycles. The van der Waals surface area contributed by atoms with E-state index in [-0.39, 0.29) is 29.6 Å². The number of fused-ring (bicyclic) bond motifs is 10. The summed E-state index contributed by atoms with van der Waals surface area (Å²) < 4.78 is 41.7. The van der Waals surface area contributed by atoms with Crippen molar-refractivity contribution in [1.29, 1.82) is 0 Å². The molecule has 1 fully saturated rings. The summed E-state index contributed by atoms with van der Waals surface area (Å²) in [5, 5.41) is 4.92. The number of unbranched alkanes of at least 4 members (excludes halogenated alkanes) is 2. The van der Waals surface area contributed by atoms with Crippen molar-refractivity contribution in [2.75, 3.05) is 18.0 Å². The third-order valence-corrected chi connectivity index (χ3v) is 14.9. The molecule has 0 aliphatic carbocycles. The second-order valence-corrected chi connectivity index (χ2v) is 20.0. The summed E-state index contributed by atoms with van der Waals surface area (Å²) in [5.74, 6) is -1.52. The summed E-state index contributed by atoms with van der Waals surface area (Å²) >= 11 is 0. The number of aryl methyl sites for hydroxylation is 2. The molecule has 2 aromatic heterocycles. The molecule has 0 saturated carbocycles. The Kier molecular flexibility index (Phi) is 11.5. The Morgan fingerprint density at radius 3 is 2.08 bits per heavy atom. The number of imide groups is 1. The number of allylic oxidation sites excluding steroid dienone is 6. The zero-order valence-electron chi connectivity index (χ0n) is 38.8. The van der Waals surface area contributed by atoms with Crippen LogP contribution in [0.2, 0.25) is 0 Å². The van der Waals surface area contributed by atoms with Crippen LogP contribution in [0.4, 0.5) is 11.4 Å². The molecule has 2 amide bonds. The van der Waals surface area contributed by atoms with Crippen LogP contribution in [0.3, 0.4) is 0 Å². The number of benzene rings is 4. The molecule has 3 aliphatic heterocycles. The van der Waals surface area contributed by atoms with Crippen LogP contribution < -0.4 is 4.90 Å². The molecule has 3 aliphatic rings. The molecule has 0 spiro atoms. The van der Waals surface area contributed by atoms with E-state index < -0.39 is 33.3 Å². The first kappa shape index (κ1) is 44.9. The fourth-order valence-electron chi connectivity index (χ4n) is 11.1. The molecule has 9 rings (SSSR count). The van der Waals surface area contributed by atoms with Gasteiger partial charge in [0.25, 0.3) is 21.9 Å². The van der Waals surface area contributed by atoms with Crippen LogP contribution >= 0.6 is 0 Å². The fourth-order valence-corrected chi connectivity index (χ4v) is 11.6. The predicted molar refractivity (Wildman–Crippen MR) is 261 cm³/mol. The topological polar surface area (TPSA) is 134 Å². The van der Waals surface area contributed by atoms with Gasteiger partial charge in [0.1, 0.15) is 6.54 Å². The Morgan fingerprint density at radius 1 is 0.742 bits per heavy atom. The highest BCUT2D eigenvalue weighted by molar-refractivity contribution is 7.85. The van der Waals surface area contributed by atoms with Crippen molar-refractivity contribution in [3.05, 3.63) is 114 Å². The van der Waals surface area contributed by atoms with Crippen LogP contribution in [0, 0.1) is 0 Å². The zero-order valence-corrected chi connectivity index (χ0v) is 39.7. The average Bonchev–Trinajstić information content (AvgIpc) is 4.01. The number of rotatable bonds is 14. The largest absolute Gasteiger partial charge is 0.344 e. The highest BCUT2D eigenvalue weighted by Gasteiger charge is 2.46. The number of carbonyl (C=O) groups is 3. The van der Waals surface area contributed by atoms with Crippen molar-refractivity contribution >= 4 is 88.6 Å². The van der Waals surface area contributed by atoms with E-state index in [0.29, 0.717) is 18.0 Å². The van der Waals surface area contributed by atoms with Crippen molar-refractivity contribution < 1.29 is 36.8 Å². The van der Waals surface area contributed by atoms with Gasteiger partial charge in [-0.05, 0) is 102 Å². The molecule has 0 unspecified atom stereocenters. The van der Waals surface area contributed by atoms with Crippen molar-refractivity contribution in [2.24, 2.45) is 0 Å². The van der Waals surface area contributed by atoms with Crippen LogP contribution in [-0.2, 0) is 53.3 Å². The van der Waals surface area contributed by atoms with Crippen LogP contribution in [0.1, 0.15) is 98.1 Å². The molecule has 5 heterocycles. The Bertz CT molecular complexity index is 3260. The van der Waals surface area contributed by atoms with E-state index in [0.717, 1.165) is 71.2 Å². The van der Waals surface area contributed by atoms with E-state index in [9.17, 15) is 27.4 Å². The normalized spacial score (nSPS) is 17.7. The van der Waals surface area contributed by atoms with Gasteiger partial charge in [0.2, 0.25) is 5.69 Å². The second-order valence-electron chi connectivity index (χ2n) is 18.6. The molecule has 0 atom stereocenters. The fraction of sp³-hybridized carbons (Fsp3) is 0.358. The SMILES string of the molecule is CCN1C(=CC=CC=CC2=[N+](CCCCCC(=O)ON3C(=O)CCC3=O)c3ccc4c(c3C2(C)C)c2ccccc2n4CC)C(C)(C)c2c1ccc1c2c2cc(S(=O)(=O)O)ccc2n1CC. The Labute approximate surface area is 385 Å². The number of hydrogen-bond acceptors (Lipinski definition) is 7. The van der Waals surface area contributed by atoms with Crippen molar-refractivity contribution in [1.82, 2.24) is 14.2 Å². The quantitative estimate of drug-likeness (QED) is 0.0375. The van der Waals surface area contributed by atoms with Crippen LogP contribution in [0.5, 0.6) is 0 Å². The number of amides is 2. The summed E-state index contributed by atoms with van der Waals surface area (Å²) in [6, 6.07) is 22.3. The van der Waals surface area contributed by atoms with Crippen molar-refractivity contribution in [3.8, 4) is 0 Å². The third-order valence-electron chi connectivity index (χ3n) is 14.0. The lowest BCUT2D eigenvalue weighted by Crippen LogP contribution is -2.31. The number of carbonyl (C=O) groups excluding carboxylic acids is 3. The summed E-state index contributed by atoms with van der Waals surface area (Å²) in [4.78, 5) is 43.8. The summed E-state index contributed by atoms with van der Waals surface area (Å²) in [6.07, 6.45) is 13.1. The standard InChI is InChI=1S/C53H57N5O7S/c1-8-54-37-20-17-16-19-35(37)48-39(54)27-29-42-51(48)53(6,7)44(57(42)32-18-12-15-23-47(61)65-58-45(59)30-31-46(58)60)22-14-11-13-21-43-52(4,5)50-41(56(43)10-3)28-26-40-49(50)36-33-34(66(62,63)64)24-25-38(36)55(40)9-2/h11,13-14,16-17,19-22,24-29,33H,8-10,12,15,18,23,30-32H2,1-7H3/p+1. The van der Waals surface area contributed by atoms with Gasteiger partial charge in [0, 0.05) is 123 Å². The monoisotopic (exact) mass is 908 g/mol. The Morgan fingerprint density at radius 2 is 1.39 bits per heavy atom. The maximum absolute atomic E-state index is 12.6. The van der Waals surface area contributed by atoms with Gasteiger partial charge in [-0.25, -0.2) is 4.79 Å². The minimum atomic E-state index is -4.40. The van der Waals surface area contributed by atoms with Gasteiger partial charge in [0.15, 0.2) is 5.71 Å². The molecule has 0 bridgehead atoms. The number of aromatic nitrogens is 2. The van der Waals surface area contributed by atoms with Gasteiger partial charge in [-0.2, -0.15) is 13.0 Å². The number of likely N-dealkylation sites (N-methyl/N-ethyl adjacent to an activating group) is 1. The van der Waals surface area contributed by atoms with Crippen LogP contribution in [0.25, 0.3) is 43.6 Å². The van der Waals surface area contributed by atoms with E-state index >= 15 is 0 Å². The van der Waals surface area contributed by atoms with Gasteiger partial charge in [-0.3, -0.25) is 14.1 Å². The van der Waals surface area contributed by atoms with E-state index in [1.54, 1.807) is 12.1 Å². The lowest BCUT2D eigenvalue weighted by atomic mass is 9.79. The van der Waals surface area contributed by atoms with Gasteiger partial charge in [-0.15, -0.1) is 5.06 Å².